The van der Waals surface area contributed by atoms with E-state index in [2.05, 4.69) is 18.7 Å². The van der Waals surface area contributed by atoms with Gasteiger partial charge < -0.3 is 10.0 Å². The monoisotopic (exact) mass is 281 g/mol. The first kappa shape index (κ1) is 14.4. The van der Waals surface area contributed by atoms with Crippen molar-refractivity contribution >= 4 is 17.6 Å². The second-order valence-electron chi connectivity index (χ2n) is 5.69. The number of benzene rings is 1. The fraction of sp³-hybridized carbons (Fsp3) is 0.533. The summed E-state index contributed by atoms with van der Waals surface area (Å²) >= 11 is 6.22. The van der Waals surface area contributed by atoms with Gasteiger partial charge in [0.1, 0.15) is 0 Å². The van der Waals surface area contributed by atoms with Crippen LogP contribution in [0.3, 0.4) is 0 Å². The summed E-state index contributed by atoms with van der Waals surface area (Å²) in [6.07, 6.45) is 0. The topological polar surface area (TPSA) is 40.5 Å². The van der Waals surface area contributed by atoms with Crippen molar-refractivity contribution in [2.75, 3.05) is 19.6 Å². The van der Waals surface area contributed by atoms with Gasteiger partial charge in [-0.3, -0.25) is 4.79 Å². The minimum atomic E-state index is -0.726. The lowest BCUT2D eigenvalue weighted by Gasteiger charge is -2.18. The number of rotatable bonds is 4. The molecule has 1 aromatic carbocycles. The van der Waals surface area contributed by atoms with Gasteiger partial charge in [0.15, 0.2) is 0 Å². The maximum Gasteiger partial charge on any atom is 0.308 e. The minimum Gasteiger partial charge on any atom is -0.481 e. The first-order valence-corrected chi connectivity index (χ1v) is 7.06. The maximum atomic E-state index is 11.5. The van der Waals surface area contributed by atoms with E-state index < -0.39 is 5.97 Å². The predicted molar refractivity (Wildman–Crippen MR) is 76.6 cm³/mol. The summed E-state index contributed by atoms with van der Waals surface area (Å²) in [5.41, 5.74) is 0.961. The molecule has 2 unspecified atom stereocenters. The molecule has 1 aliphatic heterocycles. The molecule has 2 atom stereocenters. The molecule has 3 nitrogen and oxygen atoms in total. The van der Waals surface area contributed by atoms with Gasteiger partial charge in [-0.05, 0) is 17.5 Å². The van der Waals surface area contributed by atoms with E-state index in [4.69, 9.17) is 11.6 Å². The lowest BCUT2D eigenvalue weighted by Crippen LogP contribution is -2.26. The highest BCUT2D eigenvalue weighted by atomic mass is 35.5. The second-order valence-corrected chi connectivity index (χ2v) is 6.09. The molecule has 1 aromatic rings. The van der Waals surface area contributed by atoms with Gasteiger partial charge in [-0.2, -0.15) is 0 Å². The fourth-order valence-corrected chi connectivity index (χ4v) is 3.17. The van der Waals surface area contributed by atoms with Gasteiger partial charge >= 0.3 is 5.97 Å². The molecule has 104 valence electrons. The molecule has 0 radical (unpaired) electrons. The highest BCUT2D eigenvalue weighted by Crippen LogP contribution is 2.36. The zero-order valence-corrected chi connectivity index (χ0v) is 12.1. The molecule has 4 heteroatoms. The Labute approximate surface area is 119 Å². The molecule has 1 N–H and O–H groups in total. The van der Waals surface area contributed by atoms with E-state index in [1.807, 2.05) is 24.3 Å². The van der Waals surface area contributed by atoms with E-state index in [1.165, 1.54) is 0 Å². The van der Waals surface area contributed by atoms with Crippen LogP contribution >= 0.6 is 11.6 Å². The second kappa shape index (κ2) is 5.93. The average molecular weight is 282 g/mol. The van der Waals surface area contributed by atoms with Gasteiger partial charge in [0.25, 0.3) is 0 Å². The van der Waals surface area contributed by atoms with Gasteiger partial charge in [-0.15, -0.1) is 0 Å². The van der Waals surface area contributed by atoms with Gasteiger partial charge in [0.2, 0.25) is 0 Å². The number of hydrogen-bond donors (Lipinski definition) is 1. The Hall–Kier alpha value is -1.06. The van der Waals surface area contributed by atoms with E-state index in [1.54, 1.807) is 0 Å². The van der Waals surface area contributed by atoms with Gasteiger partial charge in [0, 0.05) is 30.6 Å². The van der Waals surface area contributed by atoms with Crippen molar-refractivity contribution in [1.29, 1.82) is 0 Å². The number of carboxylic acids is 1. The van der Waals surface area contributed by atoms with Crippen molar-refractivity contribution < 1.29 is 9.90 Å². The van der Waals surface area contributed by atoms with E-state index in [0.29, 0.717) is 17.5 Å². The molecule has 0 spiro atoms. The van der Waals surface area contributed by atoms with Gasteiger partial charge in [0.05, 0.1) is 5.92 Å². The van der Waals surface area contributed by atoms with Crippen molar-refractivity contribution in [3.05, 3.63) is 34.9 Å². The zero-order valence-electron chi connectivity index (χ0n) is 11.3. The number of likely N-dealkylation sites (tertiary alicyclic amines) is 1. The fourth-order valence-electron chi connectivity index (χ4n) is 2.89. The van der Waals surface area contributed by atoms with E-state index in [9.17, 15) is 9.90 Å². The molecule has 0 saturated carbocycles. The molecule has 0 aliphatic carbocycles. The summed E-state index contributed by atoms with van der Waals surface area (Å²) in [5, 5.41) is 10.1. The van der Waals surface area contributed by atoms with Crippen LogP contribution in [0.15, 0.2) is 24.3 Å². The largest absolute Gasteiger partial charge is 0.481 e. The van der Waals surface area contributed by atoms with Crippen LogP contribution in [0.25, 0.3) is 0 Å². The summed E-state index contributed by atoms with van der Waals surface area (Å²) in [6.45, 7) is 6.63. The van der Waals surface area contributed by atoms with E-state index in [0.717, 1.165) is 18.7 Å². The summed E-state index contributed by atoms with van der Waals surface area (Å²) in [4.78, 5) is 13.7. The molecular weight excluding hydrogens is 262 g/mol. The molecule has 1 fully saturated rings. The number of carbonyl (C=O) groups is 1. The average Bonchev–Trinajstić information content (AvgIpc) is 2.72. The first-order chi connectivity index (χ1) is 8.99. The number of aliphatic carboxylic acids is 1. The van der Waals surface area contributed by atoms with Crippen molar-refractivity contribution in [1.82, 2.24) is 4.90 Å². The standard InChI is InChI=1S/C15H20ClNO2/c1-10(2)7-17-8-12(13(9-17)15(18)19)11-5-3-4-6-14(11)16/h3-6,10,12-13H,7-9H2,1-2H3,(H,18,19). The normalized spacial score (nSPS) is 24.0. The molecule has 2 rings (SSSR count). The molecule has 19 heavy (non-hydrogen) atoms. The van der Waals surface area contributed by atoms with Crippen LogP contribution < -0.4 is 0 Å². The van der Waals surface area contributed by atoms with Crippen LogP contribution in [-0.4, -0.2) is 35.6 Å². The Morgan fingerprint density at radius 3 is 2.68 bits per heavy atom. The Kier molecular flexibility index (Phi) is 4.48. The van der Waals surface area contributed by atoms with Crippen molar-refractivity contribution in [3.63, 3.8) is 0 Å². The lowest BCUT2D eigenvalue weighted by atomic mass is 9.89. The van der Waals surface area contributed by atoms with Crippen LogP contribution in [0.4, 0.5) is 0 Å². The van der Waals surface area contributed by atoms with Crippen LogP contribution in [0.2, 0.25) is 5.02 Å². The lowest BCUT2D eigenvalue weighted by molar-refractivity contribution is -0.141. The highest BCUT2D eigenvalue weighted by molar-refractivity contribution is 6.31. The number of hydrogen-bond acceptors (Lipinski definition) is 2. The van der Waals surface area contributed by atoms with Gasteiger partial charge in [-0.25, -0.2) is 0 Å². The summed E-state index contributed by atoms with van der Waals surface area (Å²) in [6, 6.07) is 7.58. The molecule has 1 heterocycles. The molecule has 1 aliphatic rings. The summed E-state index contributed by atoms with van der Waals surface area (Å²) in [7, 11) is 0. The third-order valence-electron chi connectivity index (χ3n) is 3.64. The Morgan fingerprint density at radius 1 is 1.42 bits per heavy atom. The Balaban J connectivity index is 2.22. The maximum absolute atomic E-state index is 11.5. The quantitative estimate of drug-likeness (QED) is 0.922. The SMILES string of the molecule is CC(C)CN1CC(C(=O)O)C(c2ccccc2Cl)C1. The Bertz CT molecular complexity index is 461. The Morgan fingerprint density at radius 2 is 2.11 bits per heavy atom. The smallest absolute Gasteiger partial charge is 0.308 e. The van der Waals surface area contributed by atoms with Crippen LogP contribution in [0.1, 0.15) is 25.3 Å². The van der Waals surface area contributed by atoms with Crippen LogP contribution in [-0.2, 0) is 4.79 Å². The zero-order chi connectivity index (χ0) is 14.0. The summed E-state index contributed by atoms with van der Waals surface area (Å²) in [5.74, 6) is -0.556. The number of halogens is 1. The molecule has 0 bridgehead atoms. The van der Waals surface area contributed by atoms with E-state index in [-0.39, 0.29) is 11.8 Å². The first-order valence-electron chi connectivity index (χ1n) is 6.68. The summed E-state index contributed by atoms with van der Waals surface area (Å²) < 4.78 is 0. The molecule has 0 aromatic heterocycles. The number of nitrogens with zero attached hydrogens (tertiary/aromatic N) is 1. The molecule has 0 amide bonds. The molecular formula is C15H20ClNO2. The van der Waals surface area contributed by atoms with Crippen molar-refractivity contribution in [3.8, 4) is 0 Å². The highest BCUT2D eigenvalue weighted by Gasteiger charge is 2.39. The third-order valence-corrected chi connectivity index (χ3v) is 3.98. The van der Waals surface area contributed by atoms with Crippen molar-refractivity contribution in [2.24, 2.45) is 11.8 Å². The van der Waals surface area contributed by atoms with Crippen molar-refractivity contribution in [2.45, 2.75) is 19.8 Å². The van der Waals surface area contributed by atoms with Gasteiger partial charge in [-0.1, -0.05) is 43.6 Å². The van der Waals surface area contributed by atoms with Crippen LogP contribution in [0.5, 0.6) is 0 Å². The minimum absolute atomic E-state index is 0.00931. The third kappa shape index (κ3) is 3.28. The van der Waals surface area contributed by atoms with E-state index >= 15 is 0 Å². The number of carboxylic acid groups (broad SMARTS) is 1. The van der Waals surface area contributed by atoms with Crippen LogP contribution in [0, 0.1) is 11.8 Å². The predicted octanol–water partition coefficient (Wildman–Crippen LogP) is 3.10. The molecule has 1 saturated heterocycles.